The molecule has 4 aliphatic rings. The van der Waals surface area contributed by atoms with Crippen LogP contribution < -0.4 is 0 Å². The maximum absolute atomic E-state index is 11.6. The molecule has 0 aliphatic heterocycles. The van der Waals surface area contributed by atoms with Gasteiger partial charge in [-0.1, -0.05) is 58.1 Å². The number of fused-ring (bicyclic) bond motifs is 5. The quantitative estimate of drug-likeness (QED) is 0.155. The summed E-state index contributed by atoms with van der Waals surface area (Å²) >= 11 is 0. The van der Waals surface area contributed by atoms with Crippen LogP contribution in [0.4, 0.5) is 0 Å². The molecule has 4 rings (SSSR count). The Bertz CT molecular complexity index is 995. The van der Waals surface area contributed by atoms with Gasteiger partial charge in [-0.05, 0) is 119 Å². The SMILES string of the molecule is COC(C)(C)OCC#C[C@](C)(O)[C@H]1CC[C@H]2[C@@H]3CC=C4C[C@@H](O[Si](C)(C)C(C)(C)C)CC[C@]4(C)[C@H]3CC[C@@]21C. The van der Waals surface area contributed by atoms with Crippen molar-refractivity contribution in [2.75, 3.05) is 13.7 Å². The number of rotatable bonds is 6. The van der Waals surface area contributed by atoms with E-state index in [1.807, 2.05) is 20.8 Å². The van der Waals surface area contributed by atoms with Crippen LogP contribution in [-0.2, 0) is 13.9 Å². The number of ether oxygens (including phenoxy) is 2. The third-order valence-electron chi connectivity index (χ3n) is 12.3. The number of hydrogen-bond acceptors (Lipinski definition) is 4. The summed E-state index contributed by atoms with van der Waals surface area (Å²) in [4.78, 5) is 0. The highest BCUT2D eigenvalue weighted by atomic mass is 28.4. The topological polar surface area (TPSA) is 47.9 Å². The average Bonchev–Trinajstić information content (AvgIpc) is 3.19. The molecule has 0 aromatic heterocycles. The fourth-order valence-corrected chi connectivity index (χ4v) is 10.2. The first kappa shape index (κ1) is 31.3. The van der Waals surface area contributed by atoms with Gasteiger partial charge in [-0.3, -0.25) is 0 Å². The van der Waals surface area contributed by atoms with Crippen LogP contribution in [0.1, 0.15) is 107 Å². The molecule has 0 aromatic rings. The minimum atomic E-state index is -1.76. The Kier molecular flexibility index (Phi) is 8.48. The number of allylic oxidation sites excluding steroid dienone is 1. The van der Waals surface area contributed by atoms with Gasteiger partial charge < -0.3 is 19.0 Å². The van der Waals surface area contributed by atoms with E-state index in [9.17, 15) is 5.11 Å². The summed E-state index contributed by atoms with van der Waals surface area (Å²) in [5.74, 6) is 8.00. The van der Waals surface area contributed by atoms with E-state index in [0.29, 0.717) is 17.4 Å². The van der Waals surface area contributed by atoms with E-state index in [1.165, 1.54) is 38.5 Å². The summed E-state index contributed by atoms with van der Waals surface area (Å²) in [5.41, 5.74) is 1.13. The van der Waals surface area contributed by atoms with Crippen molar-refractivity contribution in [3.63, 3.8) is 0 Å². The Labute approximate surface area is 241 Å². The molecule has 0 radical (unpaired) electrons. The predicted octanol–water partition coefficient (Wildman–Crippen LogP) is 8.11. The van der Waals surface area contributed by atoms with Gasteiger partial charge >= 0.3 is 0 Å². The molecule has 0 spiro atoms. The van der Waals surface area contributed by atoms with Crippen LogP contribution in [0.3, 0.4) is 0 Å². The third-order valence-corrected chi connectivity index (χ3v) is 16.9. The molecule has 4 nitrogen and oxygen atoms in total. The van der Waals surface area contributed by atoms with Crippen LogP contribution in [0.5, 0.6) is 0 Å². The Morgan fingerprint density at radius 2 is 1.69 bits per heavy atom. The van der Waals surface area contributed by atoms with E-state index in [4.69, 9.17) is 13.9 Å². The normalized spacial score (nSPS) is 38.5. The van der Waals surface area contributed by atoms with Crippen LogP contribution in [0.25, 0.3) is 0 Å². The van der Waals surface area contributed by atoms with Crippen molar-refractivity contribution in [2.24, 2.45) is 34.5 Å². The molecule has 0 saturated heterocycles. The summed E-state index contributed by atoms with van der Waals surface area (Å²) in [6, 6.07) is 0. The maximum Gasteiger partial charge on any atom is 0.192 e. The Morgan fingerprint density at radius 1 is 1.00 bits per heavy atom. The lowest BCUT2D eigenvalue weighted by Gasteiger charge is -2.59. The lowest BCUT2D eigenvalue weighted by Crippen LogP contribution is -2.53. The molecule has 39 heavy (non-hydrogen) atoms. The molecular formula is C34H58O4Si. The highest BCUT2D eigenvalue weighted by Crippen LogP contribution is 2.67. The highest BCUT2D eigenvalue weighted by molar-refractivity contribution is 6.74. The summed E-state index contributed by atoms with van der Waals surface area (Å²) in [6.45, 7) is 22.9. The second kappa shape index (κ2) is 10.6. The molecule has 5 heteroatoms. The molecule has 3 saturated carbocycles. The standard InChI is InChI=1S/C34H58O4Si/c1-30(2,3)39(10,11)38-25-17-20-32(6)24(23-25)13-14-26-27-15-16-29(33(27,7)21-18-28(26)32)34(8,35)19-12-22-37-31(4,5)36-9/h13,25-29,35H,14-18,20-23H2,1-11H3/t25-,26-,27-,28-,29-,32-,33-,34-/m0/s1. The maximum atomic E-state index is 11.6. The van der Waals surface area contributed by atoms with Crippen LogP contribution in [-0.4, -0.2) is 44.6 Å². The van der Waals surface area contributed by atoms with Gasteiger partial charge in [0.1, 0.15) is 12.2 Å². The van der Waals surface area contributed by atoms with Crippen molar-refractivity contribution in [1.29, 1.82) is 0 Å². The zero-order chi connectivity index (χ0) is 29.1. The zero-order valence-electron chi connectivity index (χ0n) is 27.0. The average molecular weight is 559 g/mol. The Morgan fingerprint density at radius 3 is 2.33 bits per heavy atom. The second-order valence-corrected chi connectivity index (χ2v) is 20.8. The largest absolute Gasteiger partial charge is 0.414 e. The first-order chi connectivity index (χ1) is 17.9. The molecule has 1 N–H and O–H groups in total. The van der Waals surface area contributed by atoms with Gasteiger partial charge in [0.05, 0.1) is 0 Å². The van der Waals surface area contributed by atoms with E-state index in [-0.39, 0.29) is 23.0 Å². The zero-order valence-corrected chi connectivity index (χ0v) is 28.0. The van der Waals surface area contributed by atoms with Gasteiger partial charge in [0.2, 0.25) is 0 Å². The van der Waals surface area contributed by atoms with Crippen LogP contribution in [0, 0.1) is 46.3 Å². The van der Waals surface area contributed by atoms with Crippen LogP contribution >= 0.6 is 0 Å². The van der Waals surface area contributed by atoms with Crippen molar-refractivity contribution in [1.82, 2.24) is 0 Å². The molecule has 0 bridgehead atoms. The Hall–Kier alpha value is -0.643. The summed E-state index contributed by atoms with van der Waals surface area (Å²) < 4.78 is 18.0. The molecule has 3 fully saturated rings. The van der Waals surface area contributed by atoms with Crippen molar-refractivity contribution in [2.45, 2.75) is 142 Å². The van der Waals surface area contributed by atoms with Gasteiger partial charge in [0.15, 0.2) is 14.1 Å². The van der Waals surface area contributed by atoms with Crippen molar-refractivity contribution < 1.29 is 19.0 Å². The van der Waals surface area contributed by atoms with E-state index in [1.54, 1.807) is 12.7 Å². The number of hydrogen-bond donors (Lipinski definition) is 1. The van der Waals surface area contributed by atoms with Gasteiger partial charge in [-0.15, -0.1) is 0 Å². The first-order valence-electron chi connectivity index (χ1n) is 15.7. The first-order valence-corrected chi connectivity index (χ1v) is 18.6. The molecule has 0 heterocycles. The van der Waals surface area contributed by atoms with E-state index in [2.05, 4.69) is 65.6 Å². The van der Waals surface area contributed by atoms with Gasteiger partial charge in [-0.2, -0.15) is 0 Å². The van der Waals surface area contributed by atoms with E-state index >= 15 is 0 Å². The number of methoxy groups -OCH3 is 1. The summed E-state index contributed by atoms with van der Waals surface area (Å²) in [7, 11) is -0.124. The van der Waals surface area contributed by atoms with Gasteiger partial charge in [-0.25, -0.2) is 0 Å². The smallest absolute Gasteiger partial charge is 0.192 e. The van der Waals surface area contributed by atoms with Crippen molar-refractivity contribution in [3.05, 3.63) is 11.6 Å². The second-order valence-electron chi connectivity index (χ2n) is 16.0. The third kappa shape index (κ3) is 5.85. The van der Waals surface area contributed by atoms with E-state index < -0.39 is 19.7 Å². The fraction of sp³-hybridized carbons (Fsp3) is 0.882. The molecule has 4 aliphatic carbocycles. The van der Waals surface area contributed by atoms with E-state index in [0.717, 1.165) is 24.7 Å². The van der Waals surface area contributed by atoms with Crippen LogP contribution in [0.15, 0.2) is 11.6 Å². The molecular weight excluding hydrogens is 500 g/mol. The van der Waals surface area contributed by atoms with Crippen molar-refractivity contribution in [3.8, 4) is 11.8 Å². The monoisotopic (exact) mass is 558 g/mol. The molecule has 0 aromatic carbocycles. The lowest BCUT2D eigenvalue weighted by atomic mass is 9.47. The molecule has 222 valence electrons. The van der Waals surface area contributed by atoms with Gasteiger partial charge in [0.25, 0.3) is 0 Å². The molecule has 0 unspecified atom stereocenters. The van der Waals surface area contributed by atoms with Gasteiger partial charge in [0, 0.05) is 19.1 Å². The van der Waals surface area contributed by atoms with Crippen molar-refractivity contribution >= 4 is 8.32 Å². The summed E-state index contributed by atoms with van der Waals surface area (Å²) in [6.07, 6.45) is 12.5. The minimum Gasteiger partial charge on any atom is -0.414 e. The molecule has 8 atom stereocenters. The number of aliphatic hydroxyl groups is 1. The minimum absolute atomic E-state index is 0.135. The fourth-order valence-electron chi connectivity index (χ4n) is 8.82. The highest BCUT2D eigenvalue weighted by Gasteiger charge is 2.61. The Balaban J connectivity index is 1.47. The van der Waals surface area contributed by atoms with Crippen LogP contribution in [0.2, 0.25) is 18.1 Å². The predicted molar refractivity (Wildman–Crippen MR) is 163 cm³/mol. The summed E-state index contributed by atoms with van der Waals surface area (Å²) in [5, 5.41) is 11.9. The molecule has 0 amide bonds. The lowest BCUT2D eigenvalue weighted by molar-refractivity contribution is -0.188.